The Balaban J connectivity index is 1.68. The largest absolute Gasteiger partial charge is 0.416 e. The number of aryl methyl sites for hydroxylation is 2. The molecule has 2 amide bonds. The maximum absolute atomic E-state index is 13.6. The second kappa shape index (κ2) is 10.0. The summed E-state index contributed by atoms with van der Waals surface area (Å²) in [5.74, 6) is -2.41. The van der Waals surface area contributed by atoms with E-state index in [-0.39, 0.29) is 35.2 Å². The molecule has 0 radical (unpaired) electrons. The Labute approximate surface area is 214 Å². The number of carbonyl (C=O) groups is 2. The summed E-state index contributed by atoms with van der Waals surface area (Å²) in [5, 5.41) is 6.53. The number of carbonyl (C=O) groups excluding carboxylic acids is 2. The number of rotatable bonds is 5. The van der Waals surface area contributed by atoms with Crippen molar-refractivity contribution in [1.29, 1.82) is 0 Å². The van der Waals surface area contributed by atoms with Gasteiger partial charge in [-0.25, -0.2) is 9.37 Å². The molecule has 196 valence electrons. The number of alkyl halides is 3. The van der Waals surface area contributed by atoms with Gasteiger partial charge < -0.3 is 15.1 Å². The first-order valence-electron chi connectivity index (χ1n) is 11.2. The predicted octanol–water partition coefficient (Wildman–Crippen LogP) is 4.43. The van der Waals surface area contributed by atoms with Gasteiger partial charge in [-0.2, -0.15) is 18.3 Å². The molecular weight excluding hydrogens is 516 g/mol. The summed E-state index contributed by atoms with van der Waals surface area (Å²) < 4.78 is 55.7. The molecule has 1 N–H and O–H groups in total. The van der Waals surface area contributed by atoms with Gasteiger partial charge in [0.1, 0.15) is 17.7 Å². The molecule has 1 saturated heterocycles. The molecular formula is C24H23ClF4N6O2. The van der Waals surface area contributed by atoms with Gasteiger partial charge in [-0.3, -0.25) is 14.3 Å². The fraction of sp³-hybridized carbons (Fsp3) is 0.333. The summed E-state index contributed by atoms with van der Waals surface area (Å²) in [4.78, 5) is 33.5. The number of nitrogens with one attached hydrogen (secondary N) is 1. The van der Waals surface area contributed by atoms with E-state index in [1.165, 1.54) is 46.8 Å². The molecule has 8 nitrogen and oxygen atoms in total. The quantitative estimate of drug-likeness (QED) is 0.486. The highest BCUT2D eigenvalue weighted by Crippen LogP contribution is 2.36. The molecule has 37 heavy (non-hydrogen) atoms. The summed E-state index contributed by atoms with van der Waals surface area (Å²) in [6.07, 6.45) is -1.56. The van der Waals surface area contributed by atoms with Crippen molar-refractivity contribution in [2.45, 2.75) is 25.6 Å². The molecule has 13 heteroatoms. The molecule has 4 rings (SSSR count). The average molecular weight is 539 g/mol. The lowest BCUT2D eigenvalue weighted by molar-refractivity contribution is -0.137. The summed E-state index contributed by atoms with van der Waals surface area (Å²) >= 11 is 5.87. The van der Waals surface area contributed by atoms with Crippen LogP contribution in [0, 0.1) is 18.7 Å². The minimum atomic E-state index is -4.62. The van der Waals surface area contributed by atoms with E-state index in [1.807, 2.05) is 0 Å². The smallest absolute Gasteiger partial charge is 0.344 e. The number of aromatic nitrogens is 3. The van der Waals surface area contributed by atoms with Crippen LogP contribution in [0.2, 0.25) is 5.02 Å². The van der Waals surface area contributed by atoms with E-state index in [0.29, 0.717) is 5.69 Å². The highest BCUT2D eigenvalue weighted by molar-refractivity contribution is 6.31. The number of hydrogen-bond acceptors (Lipinski definition) is 5. The van der Waals surface area contributed by atoms with Crippen LogP contribution in [-0.2, 0) is 22.8 Å². The van der Waals surface area contributed by atoms with E-state index in [1.54, 1.807) is 13.2 Å². The third-order valence-corrected chi connectivity index (χ3v) is 6.40. The minimum absolute atomic E-state index is 0.0150. The number of hydrogen-bond donors (Lipinski definition) is 1. The van der Waals surface area contributed by atoms with Crippen molar-refractivity contribution in [3.8, 4) is 0 Å². The van der Waals surface area contributed by atoms with Crippen molar-refractivity contribution in [3.63, 3.8) is 0 Å². The molecule has 0 aliphatic carbocycles. The van der Waals surface area contributed by atoms with E-state index in [4.69, 9.17) is 11.6 Å². The fourth-order valence-electron chi connectivity index (χ4n) is 4.25. The Bertz CT molecular complexity index is 1350. The molecule has 2 atom stereocenters. The van der Waals surface area contributed by atoms with E-state index < -0.39 is 41.3 Å². The zero-order chi connectivity index (χ0) is 27.1. The topological polar surface area (TPSA) is 83.4 Å². The molecule has 0 saturated carbocycles. The molecule has 0 bridgehead atoms. The number of anilines is 3. The summed E-state index contributed by atoms with van der Waals surface area (Å²) in [7, 11) is 3.12. The van der Waals surface area contributed by atoms with E-state index in [0.717, 1.165) is 18.2 Å². The Morgan fingerprint density at radius 1 is 1.22 bits per heavy atom. The third kappa shape index (κ3) is 5.68. The predicted molar refractivity (Wildman–Crippen MR) is 130 cm³/mol. The van der Waals surface area contributed by atoms with Gasteiger partial charge in [0.05, 0.1) is 28.4 Å². The van der Waals surface area contributed by atoms with Crippen molar-refractivity contribution < 1.29 is 27.2 Å². The summed E-state index contributed by atoms with van der Waals surface area (Å²) in [6.45, 7) is 1.37. The second-order valence-electron chi connectivity index (χ2n) is 8.84. The zero-order valence-electron chi connectivity index (χ0n) is 20.1. The zero-order valence-corrected chi connectivity index (χ0v) is 20.8. The van der Waals surface area contributed by atoms with Gasteiger partial charge in [-0.15, -0.1) is 0 Å². The molecule has 1 fully saturated rings. The molecule has 3 aromatic rings. The van der Waals surface area contributed by atoms with E-state index >= 15 is 0 Å². The van der Waals surface area contributed by atoms with Crippen molar-refractivity contribution in [1.82, 2.24) is 14.8 Å². The first kappa shape index (κ1) is 26.4. The van der Waals surface area contributed by atoms with Gasteiger partial charge in [0.25, 0.3) is 0 Å². The maximum Gasteiger partial charge on any atom is 0.416 e. The van der Waals surface area contributed by atoms with Crippen molar-refractivity contribution >= 4 is 40.6 Å². The molecule has 1 aliphatic heterocycles. The Morgan fingerprint density at radius 3 is 2.57 bits per heavy atom. The van der Waals surface area contributed by atoms with Crippen molar-refractivity contribution in [2.24, 2.45) is 13.0 Å². The first-order valence-corrected chi connectivity index (χ1v) is 11.6. The molecule has 2 aromatic heterocycles. The summed E-state index contributed by atoms with van der Waals surface area (Å²) in [5.41, 5.74) is -0.0752. The van der Waals surface area contributed by atoms with Crippen LogP contribution in [0.4, 0.5) is 34.8 Å². The van der Waals surface area contributed by atoms with Gasteiger partial charge in [-0.05, 0) is 43.7 Å². The number of benzene rings is 1. The lowest BCUT2D eigenvalue weighted by Gasteiger charge is -2.29. The second-order valence-corrected chi connectivity index (χ2v) is 9.25. The van der Waals surface area contributed by atoms with Crippen LogP contribution in [-0.4, -0.2) is 46.2 Å². The van der Waals surface area contributed by atoms with Gasteiger partial charge in [0, 0.05) is 38.2 Å². The highest BCUT2D eigenvalue weighted by atomic mass is 35.5. The maximum atomic E-state index is 13.6. The van der Waals surface area contributed by atoms with Crippen molar-refractivity contribution in [2.75, 3.05) is 28.7 Å². The monoisotopic (exact) mass is 538 g/mol. The van der Waals surface area contributed by atoms with Crippen LogP contribution < -0.4 is 15.1 Å². The lowest BCUT2D eigenvalue weighted by Crippen LogP contribution is -2.44. The Morgan fingerprint density at radius 2 is 1.95 bits per heavy atom. The number of amides is 2. The van der Waals surface area contributed by atoms with E-state index in [9.17, 15) is 27.2 Å². The molecule has 0 unspecified atom stereocenters. The number of halogens is 5. The van der Waals surface area contributed by atoms with Gasteiger partial charge >= 0.3 is 6.18 Å². The number of pyridine rings is 1. The average Bonchev–Trinajstić information content (AvgIpc) is 3.45. The first-order chi connectivity index (χ1) is 17.3. The standard InChI is InChI=1S/C24H23ClF4N6O2/c1-13-6-15(24(27,28)29)8-21(31-13)35-11-14(22(36)32-16-10-30-33(2)12-16)7-20(35)23(37)34(3)17-4-5-19(26)18(25)9-17/h4-6,8-10,12,14,20H,7,11H2,1-3H3,(H,32,36)/t14-,20-/m0/s1. The lowest BCUT2D eigenvalue weighted by atomic mass is 10.0. The third-order valence-electron chi connectivity index (χ3n) is 6.11. The molecule has 1 aliphatic rings. The molecule has 0 spiro atoms. The number of likely N-dealkylation sites (N-methyl/N-ethyl adjacent to an activating group) is 1. The van der Waals surface area contributed by atoms with Crippen LogP contribution in [0.25, 0.3) is 0 Å². The SMILES string of the molecule is Cc1cc(C(F)(F)F)cc(N2C[C@@H](C(=O)Nc3cnn(C)c3)C[C@H]2C(=O)N(C)c2ccc(F)c(Cl)c2)n1. The molecule has 1 aromatic carbocycles. The Hall–Kier alpha value is -3.67. The molecule has 3 heterocycles. The van der Waals surface area contributed by atoms with Crippen LogP contribution in [0.3, 0.4) is 0 Å². The number of nitrogens with zero attached hydrogens (tertiary/aromatic N) is 5. The normalized spacial score (nSPS) is 17.7. The minimum Gasteiger partial charge on any atom is -0.344 e. The van der Waals surface area contributed by atoms with Crippen LogP contribution in [0.1, 0.15) is 17.7 Å². The summed E-state index contributed by atoms with van der Waals surface area (Å²) in [6, 6.07) is 4.49. The van der Waals surface area contributed by atoms with Crippen LogP contribution in [0.5, 0.6) is 0 Å². The van der Waals surface area contributed by atoms with E-state index in [2.05, 4.69) is 15.4 Å². The Kier molecular flexibility index (Phi) is 7.13. The van der Waals surface area contributed by atoms with Gasteiger partial charge in [-0.1, -0.05) is 11.6 Å². The van der Waals surface area contributed by atoms with Gasteiger partial charge in [0.2, 0.25) is 11.8 Å². The van der Waals surface area contributed by atoms with Crippen LogP contribution >= 0.6 is 11.6 Å². The van der Waals surface area contributed by atoms with Crippen LogP contribution in [0.15, 0.2) is 42.7 Å². The van der Waals surface area contributed by atoms with Crippen molar-refractivity contribution in [3.05, 3.63) is 64.8 Å². The highest BCUT2D eigenvalue weighted by Gasteiger charge is 2.43. The van der Waals surface area contributed by atoms with Gasteiger partial charge in [0.15, 0.2) is 0 Å². The fourth-order valence-corrected chi connectivity index (χ4v) is 4.42.